The Balaban J connectivity index is 2.05. The fourth-order valence-corrected chi connectivity index (χ4v) is 3.06. The minimum atomic E-state index is -0.772. The average molecular weight is 426 g/mol. The highest BCUT2D eigenvalue weighted by molar-refractivity contribution is 6.01. The molecule has 6 N–H and O–H groups in total. The van der Waals surface area contributed by atoms with Crippen LogP contribution in [0.2, 0.25) is 0 Å². The number of rotatable bonds is 9. The van der Waals surface area contributed by atoms with E-state index in [0.717, 1.165) is 10.9 Å². The van der Waals surface area contributed by atoms with E-state index in [0.29, 0.717) is 12.1 Å². The van der Waals surface area contributed by atoms with Crippen LogP contribution in [0, 0.1) is 0 Å². The molecule has 2 heterocycles. The summed E-state index contributed by atoms with van der Waals surface area (Å²) in [6.07, 6.45) is 2.21. The van der Waals surface area contributed by atoms with E-state index in [1.54, 1.807) is 31.0 Å². The first kappa shape index (κ1) is 21.6. The van der Waals surface area contributed by atoms with Crippen LogP contribution in [0.3, 0.4) is 0 Å². The van der Waals surface area contributed by atoms with Crippen LogP contribution in [0.25, 0.3) is 10.9 Å². The van der Waals surface area contributed by atoms with E-state index in [-0.39, 0.29) is 23.2 Å². The summed E-state index contributed by atoms with van der Waals surface area (Å²) < 4.78 is 6.86. The Labute approximate surface area is 178 Å². The van der Waals surface area contributed by atoms with Gasteiger partial charge in [0.25, 0.3) is 11.4 Å². The monoisotopic (exact) mass is 426 g/mol. The Hall–Kier alpha value is -4.15. The molecule has 3 aromatic rings. The summed E-state index contributed by atoms with van der Waals surface area (Å²) in [6, 6.07) is 8.56. The molecule has 2 aromatic heterocycles. The van der Waals surface area contributed by atoms with E-state index >= 15 is 0 Å². The molecule has 3 rings (SSSR count). The maximum atomic E-state index is 12.1. The van der Waals surface area contributed by atoms with Crippen LogP contribution >= 0.6 is 0 Å². The molecule has 0 aliphatic carbocycles. The Morgan fingerprint density at radius 2 is 1.97 bits per heavy atom. The van der Waals surface area contributed by atoms with Crippen LogP contribution in [-0.4, -0.2) is 42.0 Å². The van der Waals surface area contributed by atoms with Gasteiger partial charge < -0.3 is 26.8 Å². The van der Waals surface area contributed by atoms with Crippen molar-refractivity contribution in [2.45, 2.75) is 19.4 Å². The lowest BCUT2D eigenvalue weighted by Crippen LogP contribution is -2.40. The number of ether oxygens (including phenoxy) is 1. The van der Waals surface area contributed by atoms with E-state index in [1.165, 1.54) is 7.11 Å². The SMILES string of the molecule is CCC(Nc1nc(Nc2ccc3c(ccc[n+]3OC)c2)c(C(N)=O)c(OC)n1)C(N)=O. The van der Waals surface area contributed by atoms with Crippen molar-refractivity contribution in [1.29, 1.82) is 0 Å². The highest BCUT2D eigenvalue weighted by Crippen LogP contribution is 2.28. The van der Waals surface area contributed by atoms with Gasteiger partial charge >= 0.3 is 0 Å². The molecule has 0 radical (unpaired) electrons. The van der Waals surface area contributed by atoms with Gasteiger partial charge in [0, 0.05) is 22.6 Å². The predicted octanol–water partition coefficient (Wildman–Crippen LogP) is 0.503. The summed E-state index contributed by atoms with van der Waals surface area (Å²) in [4.78, 5) is 37.5. The zero-order valence-corrected chi connectivity index (χ0v) is 17.4. The lowest BCUT2D eigenvalue weighted by Gasteiger charge is -2.17. The highest BCUT2D eigenvalue weighted by Gasteiger charge is 2.23. The van der Waals surface area contributed by atoms with Crippen molar-refractivity contribution < 1.29 is 23.9 Å². The number of carbonyl (C=O) groups is 2. The molecule has 0 aliphatic heterocycles. The number of nitrogens with two attached hydrogens (primary N) is 2. The maximum Gasteiger partial charge on any atom is 0.264 e. The van der Waals surface area contributed by atoms with Gasteiger partial charge in [-0.2, -0.15) is 9.97 Å². The zero-order chi connectivity index (χ0) is 22.5. The smallest absolute Gasteiger partial charge is 0.264 e. The fourth-order valence-electron chi connectivity index (χ4n) is 3.06. The summed E-state index contributed by atoms with van der Waals surface area (Å²) in [5.41, 5.74) is 12.4. The van der Waals surface area contributed by atoms with Gasteiger partial charge in [-0.15, -0.1) is 0 Å². The van der Waals surface area contributed by atoms with Gasteiger partial charge in [0.05, 0.1) is 12.5 Å². The van der Waals surface area contributed by atoms with Crippen LogP contribution < -0.4 is 36.4 Å². The molecule has 0 fully saturated rings. The van der Waals surface area contributed by atoms with Gasteiger partial charge in [-0.1, -0.05) is 6.92 Å². The average Bonchev–Trinajstić information content (AvgIpc) is 2.75. The maximum absolute atomic E-state index is 12.1. The van der Waals surface area contributed by atoms with Gasteiger partial charge in [-0.25, -0.2) is 0 Å². The molecule has 1 atom stereocenters. The van der Waals surface area contributed by atoms with Gasteiger partial charge in [-0.3, -0.25) is 14.4 Å². The molecule has 0 aliphatic rings. The number of nitrogens with one attached hydrogen (secondary N) is 2. The fraction of sp³-hybridized carbons (Fsp3) is 0.250. The number of carbonyl (C=O) groups excluding carboxylic acids is 2. The van der Waals surface area contributed by atoms with Crippen molar-refractivity contribution in [3.63, 3.8) is 0 Å². The number of fused-ring (bicyclic) bond motifs is 1. The summed E-state index contributed by atoms with van der Waals surface area (Å²) in [7, 11) is 2.93. The first-order valence-electron chi connectivity index (χ1n) is 9.45. The highest BCUT2D eigenvalue weighted by atomic mass is 16.6. The molecule has 1 unspecified atom stereocenters. The lowest BCUT2D eigenvalue weighted by atomic mass is 10.2. The Morgan fingerprint density at radius 3 is 2.58 bits per heavy atom. The predicted molar refractivity (Wildman–Crippen MR) is 114 cm³/mol. The Morgan fingerprint density at radius 1 is 1.19 bits per heavy atom. The Kier molecular flexibility index (Phi) is 6.34. The lowest BCUT2D eigenvalue weighted by molar-refractivity contribution is -0.865. The number of nitrogens with zero attached hydrogens (tertiary/aromatic N) is 3. The first-order chi connectivity index (χ1) is 14.9. The van der Waals surface area contributed by atoms with E-state index in [2.05, 4.69) is 20.6 Å². The number of pyridine rings is 1. The van der Waals surface area contributed by atoms with Gasteiger partial charge in [0.15, 0.2) is 5.82 Å². The number of hydrogen-bond acceptors (Lipinski definition) is 8. The van der Waals surface area contributed by atoms with Gasteiger partial charge in [0.1, 0.15) is 18.7 Å². The molecule has 162 valence electrons. The second-order valence-electron chi connectivity index (χ2n) is 6.57. The second-order valence-corrected chi connectivity index (χ2v) is 6.57. The zero-order valence-electron chi connectivity index (χ0n) is 17.4. The molecule has 31 heavy (non-hydrogen) atoms. The quantitative estimate of drug-likeness (QED) is 0.360. The molecule has 1 aromatic carbocycles. The normalized spacial score (nSPS) is 11.6. The number of hydrogen-bond donors (Lipinski definition) is 4. The number of methoxy groups -OCH3 is 1. The molecule has 0 spiro atoms. The van der Waals surface area contributed by atoms with Crippen LogP contribution in [0.1, 0.15) is 23.7 Å². The van der Waals surface area contributed by atoms with E-state index in [9.17, 15) is 9.59 Å². The number of anilines is 3. The van der Waals surface area contributed by atoms with Gasteiger partial charge in [0.2, 0.25) is 23.9 Å². The largest absolute Gasteiger partial charge is 0.480 e. The van der Waals surface area contributed by atoms with E-state index in [1.807, 2.05) is 24.3 Å². The van der Waals surface area contributed by atoms with Crippen molar-refractivity contribution >= 4 is 40.2 Å². The van der Waals surface area contributed by atoms with Crippen LogP contribution in [0.5, 0.6) is 5.88 Å². The third-order valence-electron chi connectivity index (χ3n) is 4.59. The molecule has 0 saturated carbocycles. The molecule has 0 saturated heterocycles. The van der Waals surface area contributed by atoms with Crippen LogP contribution in [0.15, 0.2) is 36.5 Å². The minimum absolute atomic E-state index is 0.0275. The third-order valence-corrected chi connectivity index (χ3v) is 4.59. The first-order valence-corrected chi connectivity index (χ1v) is 9.45. The van der Waals surface area contributed by atoms with Crippen molar-refractivity contribution in [3.05, 3.63) is 42.1 Å². The summed E-state index contributed by atoms with van der Waals surface area (Å²) in [5.74, 6) is -1.18. The van der Waals surface area contributed by atoms with Crippen molar-refractivity contribution in [1.82, 2.24) is 9.97 Å². The summed E-state index contributed by atoms with van der Waals surface area (Å²) in [5, 5.41) is 6.82. The van der Waals surface area contributed by atoms with Crippen molar-refractivity contribution in [2.75, 3.05) is 24.9 Å². The van der Waals surface area contributed by atoms with Crippen molar-refractivity contribution in [2.24, 2.45) is 11.5 Å². The second kappa shape index (κ2) is 9.11. The molecule has 2 amide bonds. The number of primary amides is 2. The van der Waals surface area contributed by atoms with E-state index < -0.39 is 17.9 Å². The number of amides is 2. The molecule has 11 nitrogen and oxygen atoms in total. The summed E-state index contributed by atoms with van der Waals surface area (Å²) >= 11 is 0. The van der Waals surface area contributed by atoms with Crippen molar-refractivity contribution in [3.8, 4) is 5.88 Å². The van der Waals surface area contributed by atoms with E-state index in [4.69, 9.17) is 21.0 Å². The molecule has 0 bridgehead atoms. The molecule has 11 heteroatoms. The number of benzene rings is 1. The topological polar surface area (TPSA) is 158 Å². The van der Waals surface area contributed by atoms with Crippen LogP contribution in [-0.2, 0) is 4.79 Å². The van der Waals surface area contributed by atoms with Gasteiger partial charge in [-0.05, 0) is 24.6 Å². The standard InChI is InChI=1S/C20H23N7O4/c1-4-13(16(21)28)24-20-25-18(15(17(22)29)19(26-20)30-2)23-12-7-8-14-11(10-12)6-5-9-27(14)31-3/h5-10,13H,4H2,1-3H3,(H5-,21,22,23,24,25,26,28,29)/p+1. The van der Waals surface area contributed by atoms with Crippen LogP contribution in [0.4, 0.5) is 17.5 Å². The number of aromatic nitrogens is 3. The Bertz CT molecular complexity index is 1140. The third kappa shape index (κ3) is 4.55. The minimum Gasteiger partial charge on any atom is -0.480 e. The summed E-state index contributed by atoms with van der Waals surface area (Å²) in [6.45, 7) is 1.79. The molecular weight excluding hydrogens is 402 g/mol. The molecular formula is C20H24N7O4+.